The number of rotatable bonds is 4. The molecule has 1 unspecified atom stereocenters. The molecule has 1 fully saturated rings. The molecule has 6 nitrogen and oxygen atoms in total. The second kappa shape index (κ2) is 7.59. The summed E-state index contributed by atoms with van der Waals surface area (Å²) in [4.78, 5) is 18.2. The number of carbonyl (C=O) groups excluding carboxylic acids is 1. The Morgan fingerprint density at radius 3 is 2.65 bits per heavy atom. The summed E-state index contributed by atoms with van der Waals surface area (Å²) in [6.07, 6.45) is 3.42. The van der Waals surface area contributed by atoms with Crippen molar-refractivity contribution in [2.75, 3.05) is 13.1 Å². The lowest BCUT2D eigenvalue weighted by Gasteiger charge is -2.32. The molecule has 20 heavy (non-hydrogen) atoms. The lowest BCUT2D eigenvalue weighted by Crippen LogP contribution is -2.46. The van der Waals surface area contributed by atoms with Crippen LogP contribution in [-0.4, -0.2) is 40.1 Å². The predicted molar refractivity (Wildman–Crippen MR) is 77.7 cm³/mol. The second-order valence-corrected chi connectivity index (χ2v) is 5.17. The molecular weight excluding hydrogens is 280 g/mol. The summed E-state index contributed by atoms with van der Waals surface area (Å²) in [6, 6.07) is -0.354. The molecule has 2 N–H and O–H groups in total. The number of halogens is 1. The van der Waals surface area contributed by atoms with Gasteiger partial charge in [-0.15, -0.1) is 12.4 Å². The van der Waals surface area contributed by atoms with E-state index in [4.69, 9.17) is 10.3 Å². The van der Waals surface area contributed by atoms with Gasteiger partial charge in [0.1, 0.15) is 0 Å². The third-order valence-electron chi connectivity index (χ3n) is 3.62. The average molecular weight is 303 g/mol. The number of nitrogens with zero attached hydrogens (tertiary/aromatic N) is 3. The first-order valence-electron chi connectivity index (χ1n) is 6.96. The number of amides is 1. The first kappa shape index (κ1) is 16.9. The summed E-state index contributed by atoms with van der Waals surface area (Å²) in [5, 5.41) is 3.81. The van der Waals surface area contributed by atoms with Gasteiger partial charge < -0.3 is 15.2 Å². The van der Waals surface area contributed by atoms with Crippen LogP contribution in [0.2, 0.25) is 0 Å². The molecule has 7 heteroatoms. The number of hydrogen-bond donors (Lipinski definition) is 1. The van der Waals surface area contributed by atoms with Crippen LogP contribution in [0.25, 0.3) is 0 Å². The van der Waals surface area contributed by atoms with E-state index in [9.17, 15) is 4.79 Å². The Morgan fingerprint density at radius 1 is 1.50 bits per heavy atom. The largest absolute Gasteiger partial charge is 0.341 e. The van der Waals surface area contributed by atoms with Crippen molar-refractivity contribution in [2.24, 2.45) is 5.73 Å². The molecule has 1 aromatic rings. The van der Waals surface area contributed by atoms with Gasteiger partial charge in [0.05, 0.1) is 6.04 Å². The molecular formula is C13H23ClN4O2. The van der Waals surface area contributed by atoms with E-state index in [1.807, 2.05) is 18.7 Å². The van der Waals surface area contributed by atoms with Crippen LogP contribution in [0, 0.1) is 6.92 Å². The van der Waals surface area contributed by atoms with Gasteiger partial charge >= 0.3 is 0 Å². The molecule has 0 radical (unpaired) electrons. The number of aromatic nitrogens is 2. The monoisotopic (exact) mass is 302 g/mol. The highest BCUT2D eigenvalue weighted by Crippen LogP contribution is 2.26. The Balaban J connectivity index is 0.00000200. The smallest absolute Gasteiger partial charge is 0.239 e. The van der Waals surface area contributed by atoms with Crippen molar-refractivity contribution in [3.8, 4) is 0 Å². The fourth-order valence-corrected chi connectivity index (χ4v) is 2.49. The Morgan fingerprint density at radius 2 is 2.15 bits per heavy atom. The third kappa shape index (κ3) is 3.93. The number of nitrogens with two attached hydrogens (primary N) is 1. The van der Waals surface area contributed by atoms with Crippen molar-refractivity contribution in [3.63, 3.8) is 0 Å². The third-order valence-corrected chi connectivity index (χ3v) is 3.62. The van der Waals surface area contributed by atoms with E-state index in [1.54, 1.807) is 0 Å². The highest BCUT2D eigenvalue weighted by atomic mass is 35.5. The first-order chi connectivity index (χ1) is 9.11. The SMILES string of the molecule is CCCC(N)C(=O)N1CCC(c2nc(C)no2)CC1.Cl. The van der Waals surface area contributed by atoms with Crippen LogP contribution < -0.4 is 5.73 Å². The van der Waals surface area contributed by atoms with Gasteiger partial charge in [-0.05, 0) is 26.2 Å². The van der Waals surface area contributed by atoms with Crippen LogP contribution in [-0.2, 0) is 4.79 Å². The quantitative estimate of drug-likeness (QED) is 0.913. The Hall–Kier alpha value is -1.14. The Labute approximate surface area is 125 Å². The number of carbonyl (C=O) groups is 1. The van der Waals surface area contributed by atoms with Crippen LogP contribution in [0.1, 0.15) is 50.2 Å². The predicted octanol–water partition coefficient (Wildman–Crippen LogP) is 1.63. The van der Waals surface area contributed by atoms with Gasteiger partial charge in [-0.2, -0.15) is 4.98 Å². The number of hydrogen-bond acceptors (Lipinski definition) is 5. The van der Waals surface area contributed by atoms with E-state index in [1.165, 1.54) is 0 Å². The number of piperidine rings is 1. The molecule has 0 aromatic carbocycles. The summed E-state index contributed by atoms with van der Waals surface area (Å²) in [5.74, 6) is 1.70. The Bertz CT molecular complexity index is 430. The second-order valence-electron chi connectivity index (χ2n) is 5.17. The minimum Gasteiger partial charge on any atom is -0.341 e. The van der Waals surface area contributed by atoms with Crippen molar-refractivity contribution in [1.29, 1.82) is 0 Å². The lowest BCUT2D eigenvalue weighted by atomic mass is 9.96. The normalized spacial score (nSPS) is 17.6. The molecule has 1 atom stereocenters. The summed E-state index contributed by atoms with van der Waals surface area (Å²) in [5.41, 5.74) is 5.88. The van der Waals surface area contributed by atoms with Gasteiger partial charge in [-0.25, -0.2) is 0 Å². The maximum Gasteiger partial charge on any atom is 0.239 e. The fourth-order valence-electron chi connectivity index (χ4n) is 2.49. The summed E-state index contributed by atoms with van der Waals surface area (Å²) >= 11 is 0. The standard InChI is InChI=1S/C13H22N4O2.ClH/c1-3-4-11(14)13(18)17-7-5-10(6-8-17)12-15-9(2)16-19-12;/h10-11H,3-8,14H2,1-2H3;1H. The van der Waals surface area contributed by atoms with E-state index in [2.05, 4.69) is 10.1 Å². The van der Waals surface area contributed by atoms with Crippen molar-refractivity contribution in [1.82, 2.24) is 15.0 Å². The van der Waals surface area contributed by atoms with Crippen molar-refractivity contribution in [3.05, 3.63) is 11.7 Å². The maximum atomic E-state index is 12.1. The topological polar surface area (TPSA) is 85.3 Å². The number of aryl methyl sites for hydroxylation is 1. The molecule has 1 aliphatic heterocycles. The minimum atomic E-state index is -0.354. The minimum absolute atomic E-state index is 0. The molecule has 2 rings (SSSR count). The van der Waals surface area contributed by atoms with E-state index in [0.29, 0.717) is 11.7 Å². The van der Waals surface area contributed by atoms with Crippen LogP contribution in [0.15, 0.2) is 4.52 Å². The zero-order valence-electron chi connectivity index (χ0n) is 12.0. The summed E-state index contributed by atoms with van der Waals surface area (Å²) < 4.78 is 5.20. The molecule has 0 spiro atoms. The van der Waals surface area contributed by atoms with Gasteiger partial charge in [0.2, 0.25) is 11.8 Å². The highest BCUT2D eigenvalue weighted by molar-refractivity contribution is 5.85. The summed E-state index contributed by atoms with van der Waals surface area (Å²) in [7, 11) is 0. The molecule has 0 aliphatic carbocycles. The molecule has 1 aromatic heterocycles. The Kier molecular flexibility index (Phi) is 6.42. The van der Waals surface area contributed by atoms with Crippen molar-refractivity contribution >= 4 is 18.3 Å². The van der Waals surface area contributed by atoms with Gasteiger partial charge in [0, 0.05) is 19.0 Å². The fraction of sp³-hybridized carbons (Fsp3) is 0.769. The average Bonchev–Trinajstić information content (AvgIpc) is 2.85. The van der Waals surface area contributed by atoms with Crippen LogP contribution >= 0.6 is 12.4 Å². The number of likely N-dealkylation sites (tertiary alicyclic amines) is 1. The maximum absolute atomic E-state index is 12.1. The molecule has 1 aliphatic rings. The van der Waals surface area contributed by atoms with Crippen molar-refractivity contribution < 1.29 is 9.32 Å². The van der Waals surface area contributed by atoms with Crippen molar-refractivity contribution in [2.45, 2.75) is 51.5 Å². The highest BCUT2D eigenvalue weighted by Gasteiger charge is 2.29. The zero-order valence-corrected chi connectivity index (χ0v) is 12.9. The van der Waals surface area contributed by atoms with E-state index in [0.717, 1.165) is 38.8 Å². The van der Waals surface area contributed by atoms with Gasteiger partial charge in [-0.3, -0.25) is 4.79 Å². The zero-order chi connectivity index (χ0) is 13.8. The van der Waals surface area contributed by atoms with Crippen LogP contribution in [0.4, 0.5) is 0 Å². The van der Waals surface area contributed by atoms with Gasteiger partial charge in [0.25, 0.3) is 0 Å². The van der Waals surface area contributed by atoms with Gasteiger partial charge in [0.15, 0.2) is 5.82 Å². The van der Waals surface area contributed by atoms with E-state index < -0.39 is 0 Å². The van der Waals surface area contributed by atoms with Crippen LogP contribution in [0.5, 0.6) is 0 Å². The molecule has 1 saturated heterocycles. The molecule has 0 saturated carbocycles. The van der Waals surface area contributed by atoms with E-state index in [-0.39, 0.29) is 30.3 Å². The molecule has 0 bridgehead atoms. The molecule has 114 valence electrons. The van der Waals surface area contributed by atoms with E-state index >= 15 is 0 Å². The lowest BCUT2D eigenvalue weighted by molar-refractivity contribution is -0.133. The molecule has 2 heterocycles. The van der Waals surface area contributed by atoms with Gasteiger partial charge in [-0.1, -0.05) is 18.5 Å². The first-order valence-corrected chi connectivity index (χ1v) is 6.96. The molecule has 1 amide bonds. The summed E-state index contributed by atoms with van der Waals surface area (Å²) in [6.45, 7) is 5.30. The van der Waals surface area contributed by atoms with Crippen LogP contribution in [0.3, 0.4) is 0 Å².